The van der Waals surface area contributed by atoms with Gasteiger partial charge in [0.25, 0.3) is 5.91 Å². The van der Waals surface area contributed by atoms with Crippen molar-refractivity contribution >= 4 is 23.4 Å². The SMILES string of the molecule is NC(=O)CC(NC(=O)c1ccn2cc(-c3ccccc3)nc2c1)C(=O)O. The molecule has 1 atom stereocenters. The minimum atomic E-state index is -1.38. The summed E-state index contributed by atoms with van der Waals surface area (Å²) in [6, 6.07) is 11.3. The molecule has 0 radical (unpaired) electrons. The zero-order valence-corrected chi connectivity index (χ0v) is 13.6. The lowest BCUT2D eigenvalue weighted by Crippen LogP contribution is -2.43. The summed E-state index contributed by atoms with van der Waals surface area (Å²) in [7, 11) is 0. The Kier molecular flexibility index (Phi) is 4.66. The smallest absolute Gasteiger partial charge is 0.326 e. The third-order valence-electron chi connectivity index (χ3n) is 3.80. The monoisotopic (exact) mass is 352 g/mol. The highest BCUT2D eigenvalue weighted by molar-refractivity contribution is 5.98. The molecule has 0 spiro atoms. The van der Waals surface area contributed by atoms with Crippen molar-refractivity contribution in [1.29, 1.82) is 0 Å². The molecule has 4 N–H and O–H groups in total. The van der Waals surface area contributed by atoms with Crippen molar-refractivity contribution in [3.05, 3.63) is 60.4 Å². The summed E-state index contributed by atoms with van der Waals surface area (Å²) in [5.74, 6) is -2.76. The average molecular weight is 352 g/mol. The number of carbonyl (C=O) groups is 3. The van der Waals surface area contributed by atoms with Gasteiger partial charge in [-0.05, 0) is 12.1 Å². The normalized spacial score (nSPS) is 11.8. The Balaban J connectivity index is 1.85. The molecular weight excluding hydrogens is 336 g/mol. The molecule has 0 aliphatic rings. The molecule has 0 saturated heterocycles. The zero-order valence-electron chi connectivity index (χ0n) is 13.6. The summed E-state index contributed by atoms with van der Waals surface area (Å²) in [6.45, 7) is 0. The van der Waals surface area contributed by atoms with Crippen molar-refractivity contribution in [3.8, 4) is 11.3 Å². The Labute approximate surface area is 148 Å². The Morgan fingerprint density at radius 3 is 2.58 bits per heavy atom. The molecule has 1 aromatic carbocycles. The lowest BCUT2D eigenvalue weighted by molar-refractivity contribution is -0.140. The van der Waals surface area contributed by atoms with Gasteiger partial charge >= 0.3 is 5.97 Å². The summed E-state index contributed by atoms with van der Waals surface area (Å²) in [5, 5.41) is 11.4. The number of hydrogen-bond acceptors (Lipinski definition) is 4. The van der Waals surface area contributed by atoms with E-state index in [-0.39, 0.29) is 5.56 Å². The van der Waals surface area contributed by atoms with Crippen LogP contribution in [0.1, 0.15) is 16.8 Å². The third kappa shape index (κ3) is 3.69. The summed E-state index contributed by atoms with van der Waals surface area (Å²) in [5.41, 5.74) is 7.48. The molecule has 8 heteroatoms. The zero-order chi connectivity index (χ0) is 18.7. The van der Waals surface area contributed by atoms with Crippen LogP contribution in [0.15, 0.2) is 54.9 Å². The minimum absolute atomic E-state index is 0.235. The molecule has 2 amide bonds. The second-order valence-corrected chi connectivity index (χ2v) is 5.71. The fourth-order valence-electron chi connectivity index (χ4n) is 2.51. The van der Waals surface area contributed by atoms with Crippen LogP contribution in [-0.2, 0) is 9.59 Å². The number of amides is 2. The molecule has 0 fully saturated rings. The number of carbonyl (C=O) groups excluding carboxylic acids is 2. The van der Waals surface area contributed by atoms with Crippen LogP contribution in [0.2, 0.25) is 0 Å². The van der Waals surface area contributed by atoms with Crippen LogP contribution in [-0.4, -0.2) is 38.3 Å². The van der Waals surface area contributed by atoms with Crippen LogP contribution in [0.3, 0.4) is 0 Å². The molecule has 2 heterocycles. The van der Waals surface area contributed by atoms with E-state index in [9.17, 15) is 14.4 Å². The van der Waals surface area contributed by atoms with Crippen molar-refractivity contribution in [1.82, 2.24) is 14.7 Å². The number of pyridine rings is 1. The lowest BCUT2D eigenvalue weighted by atomic mass is 10.1. The first-order valence-corrected chi connectivity index (χ1v) is 7.80. The Morgan fingerprint density at radius 1 is 1.19 bits per heavy atom. The van der Waals surface area contributed by atoms with Crippen molar-refractivity contribution in [3.63, 3.8) is 0 Å². The number of carboxylic acid groups (broad SMARTS) is 1. The van der Waals surface area contributed by atoms with Gasteiger partial charge in [0, 0.05) is 23.5 Å². The number of hydrogen-bond donors (Lipinski definition) is 3. The van der Waals surface area contributed by atoms with Crippen molar-refractivity contribution in [2.75, 3.05) is 0 Å². The summed E-state index contributed by atoms with van der Waals surface area (Å²) >= 11 is 0. The summed E-state index contributed by atoms with van der Waals surface area (Å²) in [4.78, 5) is 38.9. The van der Waals surface area contributed by atoms with Gasteiger partial charge in [0.2, 0.25) is 5.91 Å². The number of rotatable bonds is 6. The molecule has 3 aromatic rings. The number of nitrogens with one attached hydrogen (secondary N) is 1. The average Bonchev–Trinajstić information content (AvgIpc) is 3.04. The number of aromatic nitrogens is 2. The Bertz CT molecular complexity index is 981. The summed E-state index contributed by atoms with van der Waals surface area (Å²) in [6.07, 6.45) is 3.01. The maximum absolute atomic E-state index is 12.3. The van der Waals surface area contributed by atoms with Gasteiger partial charge in [0.1, 0.15) is 11.7 Å². The molecule has 26 heavy (non-hydrogen) atoms. The van der Waals surface area contributed by atoms with Gasteiger partial charge in [-0.3, -0.25) is 9.59 Å². The number of fused-ring (bicyclic) bond motifs is 1. The van der Waals surface area contributed by atoms with Crippen LogP contribution >= 0.6 is 0 Å². The maximum Gasteiger partial charge on any atom is 0.326 e. The van der Waals surface area contributed by atoms with Crippen molar-refractivity contribution in [2.45, 2.75) is 12.5 Å². The van der Waals surface area contributed by atoms with Crippen LogP contribution in [0.4, 0.5) is 0 Å². The second kappa shape index (κ2) is 7.06. The van der Waals surface area contributed by atoms with E-state index in [1.54, 1.807) is 22.7 Å². The molecule has 2 aromatic heterocycles. The van der Waals surface area contributed by atoms with Gasteiger partial charge in [-0.15, -0.1) is 0 Å². The van der Waals surface area contributed by atoms with Gasteiger partial charge < -0.3 is 20.6 Å². The van der Waals surface area contributed by atoms with Crippen LogP contribution in [0.25, 0.3) is 16.9 Å². The molecular formula is C18H16N4O4. The number of primary amides is 1. The maximum atomic E-state index is 12.3. The molecule has 8 nitrogen and oxygen atoms in total. The molecule has 1 unspecified atom stereocenters. The highest BCUT2D eigenvalue weighted by Gasteiger charge is 2.23. The van der Waals surface area contributed by atoms with Gasteiger partial charge in [-0.2, -0.15) is 0 Å². The molecule has 0 aliphatic heterocycles. The number of benzene rings is 1. The van der Waals surface area contributed by atoms with Crippen molar-refractivity contribution < 1.29 is 19.5 Å². The summed E-state index contributed by atoms with van der Waals surface area (Å²) < 4.78 is 1.76. The first-order valence-electron chi connectivity index (χ1n) is 7.80. The topological polar surface area (TPSA) is 127 Å². The highest BCUT2D eigenvalue weighted by atomic mass is 16.4. The fraction of sp³-hybridized carbons (Fsp3) is 0.111. The standard InChI is InChI=1S/C18H16N4O4/c19-15(23)9-13(18(25)26)21-17(24)12-6-7-22-10-14(20-16(22)8-12)11-4-2-1-3-5-11/h1-8,10,13H,9H2,(H2,19,23)(H,21,24)(H,25,26). The van der Waals surface area contributed by atoms with Gasteiger partial charge in [0.15, 0.2) is 0 Å². The molecule has 132 valence electrons. The third-order valence-corrected chi connectivity index (χ3v) is 3.80. The van der Waals surface area contributed by atoms with Gasteiger partial charge in [0.05, 0.1) is 12.1 Å². The Morgan fingerprint density at radius 2 is 1.92 bits per heavy atom. The molecule has 0 aliphatic carbocycles. The number of imidazole rings is 1. The van der Waals surface area contributed by atoms with Crippen LogP contribution in [0.5, 0.6) is 0 Å². The van der Waals surface area contributed by atoms with E-state index in [1.807, 2.05) is 36.5 Å². The predicted molar refractivity (Wildman–Crippen MR) is 93.3 cm³/mol. The number of nitrogens with two attached hydrogens (primary N) is 1. The molecule has 0 bridgehead atoms. The van der Waals surface area contributed by atoms with E-state index in [1.165, 1.54) is 0 Å². The van der Waals surface area contributed by atoms with Crippen molar-refractivity contribution in [2.24, 2.45) is 5.73 Å². The number of aliphatic carboxylic acids is 1. The lowest BCUT2D eigenvalue weighted by Gasteiger charge is -2.12. The molecule has 3 rings (SSSR count). The molecule has 0 saturated carbocycles. The van der Waals surface area contributed by atoms with E-state index in [4.69, 9.17) is 10.8 Å². The largest absolute Gasteiger partial charge is 0.480 e. The Hall–Kier alpha value is -3.68. The van der Waals surface area contributed by atoms with Crippen LogP contribution in [0, 0.1) is 0 Å². The first-order chi connectivity index (χ1) is 12.4. The van der Waals surface area contributed by atoms with E-state index in [0.717, 1.165) is 11.3 Å². The van der Waals surface area contributed by atoms with E-state index in [2.05, 4.69) is 10.3 Å². The van der Waals surface area contributed by atoms with Crippen LogP contribution < -0.4 is 11.1 Å². The number of carboxylic acids is 1. The predicted octanol–water partition coefficient (Wildman–Crippen LogP) is 1.06. The van der Waals surface area contributed by atoms with Gasteiger partial charge in [-0.25, -0.2) is 9.78 Å². The highest BCUT2D eigenvalue weighted by Crippen LogP contribution is 2.19. The first kappa shape index (κ1) is 17.2. The fourth-order valence-corrected chi connectivity index (χ4v) is 2.51. The number of nitrogens with zero attached hydrogens (tertiary/aromatic N) is 2. The second-order valence-electron chi connectivity index (χ2n) is 5.71. The van der Waals surface area contributed by atoms with E-state index < -0.39 is 30.2 Å². The van der Waals surface area contributed by atoms with Gasteiger partial charge in [-0.1, -0.05) is 30.3 Å². The van der Waals surface area contributed by atoms with E-state index in [0.29, 0.717) is 5.65 Å². The van der Waals surface area contributed by atoms with E-state index >= 15 is 0 Å². The minimum Gasteiger partial charge on any atom is -0.480 e. The quantitative estimate of drug-likeness (QED) is 0.611.